The molecule has 2 N–H and O–H groups in total. The summed E-state index contributed by atoms with van der Waals surface area (Å²) in [7, 11) is 1.50. The fourth-order valence-electron chi connectivity index (χ4n) is 2.58. The average Bonchev–Trinajstić information content (AvgIpc) is 3.24. The molecular formula is C21H19N3O6. The van der Waals surface area contributed by atoms with Crippen molar-refractivity contribution in [3.63, 3.8) is 0 Å². The summed E-state index contributed by atoms with van der Waals surface area (Å²) in [6.45, 7) is -0.0910. The van der Waals surface area contributed by atoms with Gasteiger partial charge in [0, 0.05) is 11.1 Å². The Morgan fingerprint density at radius 1 is 1.27 bits per heavy atom. The quantitative estimate of drug-likeness (QED) is 0.387. The molecule has 0 atom stereocenters. The summed E-state index contributed by atoms with van der Waals surface area (Å²) >= 11 is 0. The number of hydrazone groups is 1. The number of amides is 2. The highest BCUT2D eigenvalue weighted by Gasteiger charge is 2.16. The van der Waals surface area contributed by atoms with Crippen molar-refractivity contribution >= 4 is 18.0 Å². The van der Waals surface area contributed by atoms with Crippen LogP contribution in [0, 0.1) is 12.3 Å². The zero-order chi connectivity index (χ0) is 21.3. The molecule has 9 nitrogen and oxygen atoms in total. The molecule has 1 aliphatic heterocycles. The molecule has 3 rings (SSSR count). The number of para-hydroxylation sites is 1. The molecule has 2 amide bonds. The van der Waals surface area contributed by atoms with Crippen LogP contribution >= 0.6 is 0 Å². The monoisotopic (exact) mass is 409 g/mol. The second-order valence-corrected chi connectivity index (χ2v) is 5.92. The number of methoxy groups -OCH3 is 1. The number of terminal acetylenes is 1. The predicted octanol–water partition coefficient (Wildman–Crippen LogP) is 1.32. The van der Waals surface area contributed by atoms with Crippen molar-refractivity contribution in [3.8, 4) is 35.3 Å². The zero-order valence-corrected chi connectivity index (χ0v) is 16.1. The van der Waals surface area contributed by atoms with Gasteiger partial charge in [-0.2, -0.15) is 5.10 Å². The van der Waals surface area contributed by atoms with Crippen molar-refractivity contribution in [2.24, 2.45) is 5.10 Å². The van der Waals surface area contributed by atoms with Gasteiger partial charge in [0.05, 0.1) is 19.9 Å². The number of carbonyl (C=O) groups excluding carboxylic acids is 2. The lowest BCUT2D eigenvalue weighted by atomic mass is 10.2. The van der Waals surface area contributed by atoms with Crippen LogP contribution in [0.3, 0.4) is 0 Å². The lowest BCUT2D eigenvalue weighted by molar-refractivity contribution is -0.120. The molecule has 0 saturated carbocycles. The molecule has 0 spiro atoms. The summed E-state index contributed by atoms with van der Waals surface area (Å²) in [6, 6.07) is 9.96. The molecule has 0 radical (unpaired) electrons. The Hall–Kier alpha value is -4.19. The predicted molar refractivity (Wildman–Crippen MR) is 108 cm³/mol. The number of hydrogen-bond donors (Lipinski definition) is 2. The van der Waals surface area contributed by atoms with E-state index in [1.54, 1.807) is 36.4 Å². The largest absolute Gasteiger partial charge is 0.493 e. The molecule has 2 aromatic rings. The molecule has 0 bridgehead atoms. The Morgan fingerprint density at radius 3 is 2.90 bits per heavy atom. The highest BCUT2D eigenvalue weighted by Crippen LogP contribution is 2.32. The van der Waals surface area contributed by atoms with E-state index in [1.165, 1.54) is 13.3 Å². The summed E-state index contributed by atoms with van der Waals surface area (Å²) in [5.74, 6) is 3.39. The van der Waals surface area contributed by atoms with Crippen LogP contribution in [-0.2, 0) is 4.79 Å². The van der Waals surface area contributed by atoms with Crippen molar-refractivity contribution in [3.05, 3.63) is 47.5 Å². The lowest BCUT2D eigenvalue weighted by Crippen LogP contribution is -2.34. The SMILES string of the molecule is C#CCOc1c(/C=N\NC(=O)CNC(=O)c2ccc3c(c2)OCO3)cccc1OC. The van der Waals surface area contributed by atoms with E-state index in [2.05, 4.69) is 21.8 Å². The summed E-state index contributed by atoms with van der Waals surface area (Å²) in [5.41, 5.74) is 3.25. The van der Waals surface area contributed by atoms with E-state index in [4.69, 9.17) is 25.4 Å². The third-order valence-electron chi connectivity index (χ3n) is 3.97. The van der Waals surface area contributed by atoms with E-state index in [0.29, 0.717) is 34.1 Å². The number of hydrogen-bond acceptors (Lipinski definition) is 7. The summed E-state index contributed by atoms with van der Waals surface area (Å²) in [4.78, 5) is 24.2. The first kappa shape index (κ1) is 20.5. The maximum Gasteiger partial charge on any atom is 0.259 e. The second-order valence-electron chi connectivity index (χ2n) is 5.92. The van der Waals surface area contributed by atoms with Crippen LogP contribution in [-0.4, -0.2) is 45.1 Å². The first-order valence-electron chi connectivity index (χ1n) is 8.85. The van der Waals surface area contributed by atoms with E-state index >= 15 is 0 Å². The van der Waals surface area contributed by atoms with Gasteiger partial charge in [0.2, 0.25) is 6.79 Å². The molecule has 2 aromatic carbocycles. The minimum absolute atomic E-state index is 0.0550. The molecule has 1 heterocycles. The Morgan fingerprint density at radius 2 is 2.10 bits per heavy atom. The molecule has 0 aromatic heterocycles. The normalized spacial score (nSPS) is 11.6. The lowest BCUT2D eigenvalue weighted by Gasteiger charge is -2.11. The number of fused-ring (bicyclic) bond motifs is 1. The van der Waals surface area contributed by atoms with Crippen LogP contribution in [0.1, 0.15) is 15.9 Å². The Balaban J connectivity index is 1.54. The molecular weight excluding hydrogens is 390 g/mol. The van der Waals surface area contributed by atoms with Gasteiger partial charge in [-0.25, -0.2) is 5.43 Å². The van der Waals surface area contributed by atoms with Crippen molar-refractivity contribution in [2.45, 2.75) is 0 Å². The first-order chi connectivity index (χ1) is 14.6. The molecule has 30 heavy (non-hydrogen) atoms. The summed E-state index contributed by atoms with van der Waals surface area (Å²) in [5, 5.41) is 6.39. The van der Waals surface area contributed by atoms with Crippen molar-refractivity contribution in [1.82, 2.24) is 10.7 Å². The summed E-state index contributed by atoms with van der Waals surface area (Å²) in [6.07, 6.45) is 6.62. The number of rotatable bonds is 8. The van der Waals surface area contributed by atoms with Crippen LogP contribution in [0.25, 0.3) is 0 Å². The maximum absolute atomic E-state index is 12.2. The number of nitrogens with one attached hydrogen (secondary N) is 2. The average molecular weight is 409 g/mol. The minimum atomic E-state index is -0.505. The van der Waals surface area contributed by atoms with E-state index < -0.39 is 11.8 Å². The Kier molecular flexibility index (Phi) is 6.74. The van der Waals surface area contributed by atoms with Gasteiger partial charge in [0.1, 0.15) is 6.61 Å². The van der Waals surface area contributed by atoms with E-state index in [-0.39, 0.29) is 19.9 Å². The van der Waals surface area contributed by atoms with Gasteiger partial charge in [-0.3, -0.25) is 9.59 Å². The maximum atomic E-state index is 12.2. The molecule has 0 saturated heterocycles. The second kappa shape index (κ2) is 9.84. The molecule has 0 unspecified atom stereocenters. The van der Waals surface area contributed by atoms with Gasteiger partial charge in [-0.1, -0.05) is 12.0 Å². The zero-order valence-electron chi connectivity index (χ0n) is 16.1. The fraction of sp³-hybridized carbons (Fsp3) is 0.190. The number of carbonyl (C=O) groups is 2. The number of nitrogens with zero attached hydrogens (tertiary/aromatic N) is 1. The third-order valence-corrected chi connectivity index (χ3v) is 3.97. The van der Waals surface area contributed by atoms with Crippen LogP contribution in [0.4, 0.5) is 0 Å². The standard InChI is InChI=1S/C21H19N3O6/c1-3-9-28-20-15(5-4-6-17(20)27-2)11-23-24-19(25)12-22-21(26)14-7-8-16-18(10-14)30-13-29-16/h1,4-8,10-11H,9,12-13H2,2H3,(H,22,26)(H,24,25)/b23-11-. The molecule has 0 fully saturated rings. The van der Waals surface area contributed by atoms with Gasteiger partial charge < -0.3 is 24.3 Å². The molecule has 9 heteroatoms. The van der Waals surface area contributed by atoms with Crippen LogP contribution in [0.15, 0.2) is 41.5 Å². The highest BCUT2D eigenvalue weighted by atomic mass is 16.7. The minimum Gasteiger partial charge on any atom is -0.493 e. The van der Waals surface area contributed by atoms with Crippen LogP contribution in [0.5, 0.6) is 23.0 Å². The molecule has 154 valence electrons. The van der Waals surface area contributed by atoms with Gasteiger partial charge in [-0.15, -0.1) is 6.42 Å². The van der Waals surface area contributed by atoms with Crippen molar-refractivity contribution in [2.75, 3.05) is 27.1 Å². The number of benzene rings is 2. The van der Waals surface area contributed by atoms with E-state index in [1.807, 2.05) is 0 Å². The Labute approximate surface area is 173 Å². The first-order valence-corrected chi connectivity index (χ1v) is 8.85. The number of ether oxygens (including phenoxy) is 4. The van der Waals surface area contributed by atoms with Crippen molar-refractivity contribution in [1.29, 1.82) is 0 Å². The summed E-state index contributed by atoms with van der Waals surface area (Å²) < 4.78 is 21.1. The van der Waals surface area contributed by atoms with Gasteiger partial charge in [0.15, 0.2) is 23.0 Å². The van der Waals surface area contributed by atoms with Crippen molar-refractivity contribution < 1.29 is 28.5 Å². The van der Waals surface area contributed by atoms with Crippen LogP contribution in [0.2, 0.25) is 0 Å². The van der Waals surface area contributed by atoms with E-state index in [0.717, 1.165) is 0 Å². The van der Waals surface area contributed by atoms with E-state index in [9.17, 15) is 9.59 Å². The fourth-order valence-corrected chi connectivity index (χ4v) is 2.58. The third kappa shape index (κ3) is 4.99. The van der Waals surface area contributed by atoms with Crippen LogP contribution < -0.4 is 29.7 Å². The topological polar surface area (TPSA) is 107 Å². The Bertz CT molecular complexity index is 1010. The van der Waals surface area contributed by atoms with Gasteiger partial charge >= 0.3 is 0 Å². The molecule has 1 aliphatic rings. The molecule has 0 aliphatic carbocycles. The highest BCUT2D eigenvalue weighted by molar-refractivity contribution is 5.97. The smallest absolute Gasteiger partial charge is 0.259 e. The van der Waals surface area contributed by atoms with Gasteiger partial charge in [0.25, 0.3) is 11.8 Å². The van der Waals surface area contributed by atoms with Gasteiger partial charge in [-0.05, 0) is 30.3 Å².